The molecule has 1 unspecified atom stereocenters. The standard InChI is InChI=1S/C19H18F3NO3/c1-2-16(13-6-4-7-14(11-13)19(20,21)22)18(26)23-15-8-3-5-12(9-15)10-17(24)25/h3-9,11,16H,2,10H2,1H3,(H,23,26)(H,24,25). The number of amides is 1. The summed E-state index contributed by atoms with van der Waals surface area (Å²) in [5.41, 5.74) is 0.396. The van der Waals surface area contributed by atoms with Crippen molar-refractivity contribution in [3.05, 3.63) is 65.2 Å². The molecule has 2 aromatic carbocycles. The smallest absolute Gasteiger partial charge is 0.416 e. The van der Waals surface area contributed by atoms with E-state index in [2.05, 4.69) is 5.32 Å². The van der Waals surface area contributed by atoms with Crippen molar-refractivity contribution in [1.29, 1.82) is 0 Å². The fraction of sp³-hybridized carbons (Fsp3) is 0.263. The third-order valence-corrected chi connectivity index (χ3v) is 3.89. The van der Waals surface area contributed by atoms with Gasteiger partial charge in [0.2, 0.25) is 5.91 Å². The van der Waals surface area contributed by atoms with E-state index in [0.717, 1.165) is 12.1 Å². The van der Waals surface area contributed by atoms with E-state index in [9.17, 15) is 22.8 Å². The first-order valence-electron chi connectivity index (χ1n) is 7.99. The lowest BCUT2D eigenvalue weighted by atomic mass is 9.94. The summed E-state index contributed by atoms with van der Waals surface area (Å²) >= 11 is 0. The maximum atomic E-state index is 12.9. The number of anilines is 1. The fourth-order valence-corrected chi connectivity index (χ4v) is 2.67. The summed E-state index contributed by atoms with van der Waals surface area (Å²) in [7, 11) is 0. The highest BCUT2D eigenvalue weighted by molar-refractivity contribution is 5.96. The van der Waals surface area contributed by atoms with E-state index in [-0.39, 0.29) is 12.0 Å². The minimum absolute atomic E-state index is 0.186. The van der Waals surface area contributed by atoms with Crippen LogP contribution in [0.1, 0.15) is 36.0 Å². The van der Waals surface area contributed by atoms with Gasteiger partial charge in [-0.05, 0) is 35.7 Å². The molecule has 0 spiro atoms. The molecular weight excluding hydrogens is 347 g/mol. The predicted octanol–water partition coefficient (Wildman–Crippen LogP) is 4.46. The molecule has 138 valence electrons. The van der Waals surface area contributed by atoms with E-state index < -0.39 is 29.5 Å². The van der Waals surface area contributed by atoms with Gasteiger partial charge < -0.3 is 10.4 Å². The van der Waals surface area contributed by atoms with Crippen LogP contribution in [0, 0.1) is 0 Å². The number of carbonyl (C=O) groups excluding carboxylic acids is 1. The van der Waals surface area contributed by atoms with E-state index in [0.29, 0.717) is 17.7 Å². The van der Waals surface area contributed by atoms with Crippen molar-refractivity contribution in [1.82, 2.24) is 0 Å². The summed E-state index contributed by atoms with van der Waals surface area (Å²) in [6.45, 7) is 1.71. The van der Waals surface area contributed by atoms with Crippen LogP contribution in [0.3, 0.4) is 0 Å². The molecule has 0 aliphatic carbocycles. The molecule has 0 heterocycles. The van der Waals surface area contributed by atoms with Crippen LogP contribution < -0.4 is 5.32 Å². The van der Waals surface area contributed by atoms with Crippen LogP contribution in [-0.2, 0) is 22.2 Å². The van der Waals surface area contributed by atoms with Crippen LogP contribution in [0.25, 0.3) is 0 Å². The topological polar surface area (TPSA) is 66.4 Å². The van der Waals surface area contributed by atoms with Crippen LogP contribution in [-0.4, -0.2) is 17.0 Å². The van der Waals surface area contributed by atoms with E-state index in [1.807, 2.05) is 0 Å². The summed E-state index contributed by atoms with van der Waals surface area (Å²) in [5, 5.41) is 11.5. The molecule has 2 N–H and O–H groups in total. The molecule has 0 saturated heterocycles. The minimum atomic E-state index is -4.48. The number of aliphatic carboxylic acids is 1. The second-order valence-electron chi connectivity index (χ2n) is 5.84. The number of benzene rings is 2. The Balaban J connectivity index is 2.21. The monoisotopic (exact) mass is 365 g/mol. The van der Waals surface area contributed by atoms with Crippen molar-refractivity contribution < 1.29 is 27.9 Å². The normalized spacial score (nSPS) is 12.5. The third kappa shape index (κ3) is 5.08. The number of alkyl halides is 3. The van der Waals surface area contributed by atoms with Gasteiger partial charge in [0.1, 0.15) is 0 Å². The summed E-state index contributed by atoms with van der Waals surface area (Å²) < 4.78 is 38.6. The zero-order chi connectivity index (χ0) is 19.3. The Bertz CT molecular complexity index is 803. The van der Waals surface area contributed by atoms with Crippen molar-refractivity contribution in [3.8, 4) is 0 Å². The van der Waals surface area contributed by atoms with Gasteiger partial charge in [0.05, 0.1) is 17.9 Å². The molecule has 1 atom stereocenters. The first-order valence-corrected chi connectivity index (χ1v) is 7.99. The highest BCUT2D eigenvalue weighted by Crippen LogP contribution is 2.32. The molecule has 0 saturated carbocycles. The molecule has 0 bridgehead atoms. The number of hydrogen-bond donors (Lipinski definition) is 2. The van der Waals surface area contributed by atoms with Gasteiger partial charge in [0.15, 0.2) is 0 Å². The Morgan fingerprint density at radius 3 is 2.42 bits per heavy atom. The first-order chi connectivity index (χ1) is 12.2. The maximum Gasteiger partial charge on any atom is 0.416 e. The van der Waals surface area contributed by atoms with E-state index in [1.165, 1.54) is 18.2 Å². The van der Waals surface area contributed by atoms with Crippen LogP contribution >= 0.6 is 0 Å². The summed E-state index contributed by atoms with van der Waals surface area (Å²) in [5.74, 6) is -2.19. The fourth-order valence-electron chi connectivity index (χ4n) is 2.67. The number of carbonyl (C=O) groups is 2. The molecule has 1 amide bonds. The zero-order valence-electron chi connectivity index (χ0n) is 14.0. The third-order valence-electron chi connectivity index (χ3n) is 3.89. The molecule has 0 fully saturated rings. The van der Waals surface area contributed by atoms with Gasteiger partial charge in [-0.2, -0.15) is 13.2 Å². The number of rotatable bonds is 6. The quantitative estimate of drug-likeness (QED) is 0.794. The van der Waals surface area contributed by atoms with Crippen molar-refractivity contribution >= 4 is 17.6 Å². The van der Waals surface area contributed by atoms with Gasteiger partial charge in [-0.3, -0.25) is 9.59 Å². The van der Waals surface area contributed by atoms with Gasteiger partial charge in [-0.15, -0.1) is 0 Å². The maximum absolute atomic E-state index is 12.9. The van der Waals surface area contributed by atoms with Crippen LogP contribution in [0.5, 0.6) is 0 Å². The van der Waals surface area contributed by atoms with Crippen LogP contribution in [0.2, 0.25) is 0 Å². The zero-order valence-corrected chi connectivity index (χ0v) is 14.0. The molecule has 4 nitrogen and oxygen atoms in total. The predicted molar refractivity (Wildman–Crippen MR) is 90.9 cm³/mol. The Hall–Kier alpha value is -2.83. The van der Waals surface area contributed by atoms with Gasteiger partial charge in [0.25, 0.3) is 0 Å². The van der Waals surface area contributed by atoms with Crippen molar-refractivity contribution in [2.45, 2.75) is 31.9 Å². The molecule has 26 heavy (non-hydrogen) atoms. The SMILES string of the molecule is CCC(C(=O)Nc1cccc(CC(=O)O)c1)c1cccc(C(F)(F)F)c1. The second-order valence-corrected chi connectivity index (χ2v) is 5.84. The molecule has 0 aromatic heterocycles. The van der Waals surface area contributed by atoms with Gasteiger partial charge >= 0.3 is 12.1 Å². The van der Waals surface area contributed by atoms with E-state index >= 15 is 0 Å². The average Bonchev–Trinajstić information content (AvgIpc) is 2.54. The Morgan fingerprint density at radius 1 is 1.12 bits per heavy atom. The molecule has 7 heteroatoms. The van der Waals surface area contributed by atoms with Gasteiger partial charge in [-0.1, -0.05) is 37.3 Å². The Kier molecular flexibility index (Phi) is 6.02. The van der Waals surface area contributed by atoms with Gasteiger partial charge in [0, 0.05) is 5.69 Å². The Morgan fingerprint density at radius 2 is 1.81 bits per heavy atom. The number of carboxylic acid groups (broad SMARTS) is 1. The highest BCUT2D eigenvalue weighted by Gasteiger charge is 2.31. The minimum Gasteiger partial charge on any atom is -0.481 e. The summed E-state index contributed by atoms with van der Waals surface area (Å²) in [4.78, 5) is 23.3. The largest absolute Gasteiger partial charge is 0.481 e. The molecule has 2 aromatic rings. The van der Waals surface area contributed by atoms with Crippen molar-refractivity contribution in [2.75, 3.05) is 5.32 Å². The first kappa shape index (κ1) is 19.5. The molecule has 0 aliphatic heterocycles. The van der Waals surface area contributed by atoms with Gasteiger partial charge in [-0.25, -0.2) is 0 Å². The average molecular weight is 365 g/mol. The van der Waals surface area contributed by atoms with E-state index in [4.69, 9.17) is 5.11 Å². The molecule has 2 rings (SSSR count). The molecule has 0 radical (unpaired) electrons. The van der Waals surface area contributed by atoms with Crippen LogP contribution in [0.15, 0.2) is 48.5 Å². The van der Waals surface area contributed by atoms with Crippen LogP contribution in [0.4, 0.5) is 18.9 Å². The summed E-state index contributed by atoms with van der Waals surface area (Å²) in [6, 6.07) is 11.1. The number of halogens is 3. The second kappa shape index (κ2) is 8.03. The van der Waals surface area contributed by atoms with E-state index in [1.54, 1.807) is 25.1 Å². The number of carboxylic acids is 1. The highest BCUT2D eigenvalue weighted by atomic mass is 19.4. The summed E-state index contributed by atoms with van der Waals surface area (Å²) in [6.07, 6.45) is -4.34. The van der Waals surface area contributed by atoms with Crippen molar-refractivity contribution in [3.63, 3.8) is 0 Å². The molecular formula is C19H18F3NO3. The Labute approximate surface area is 148 Å². The lowest BCUT2D eigenvalue weighted by Gasteiger charge is -2.17. The lowest BCUT2D eigenvalue weighted by molar-refractivity contribution is -0.138. The lowest BCUT2D eigenvalue weighted by Crippen LogP contribution is -2.21. The number of nitrogens with one attached hydrogen (secondary N) is 1. The number of hydrogen-bond acceptors (Lipinski definition) is 2. The van der Waals surface area contributed by atoms with Crippen molar-refractivity contribution in [2.24, 2.45) is 0 Å². The molecule has 0 aliphatic rings.